The van der Waals surface area contributed by atoms with Gasteiger partial charge >= 0.3 is 0 Å². The lowest BCUT2D eigenvalue weighted by molar-refractivity contribution is 0.0855. The molecule has 140 valence electrons. The Bertz CT molecular complexity index is 979. The summed E-state index contributed by atoms with van der Waals surface area (Å²) in [6.45, 7) is 1.51. The second-order valence-corrected chi connectivity index (χ2v) is 6.49. The number of fused-ring (bicyclic) bond motifs is 1. The Kier molecular flexibility index (Phi) is 4.72. The quantitative estimate of drug-likeness (QED) is 0.762. The van der Waals surface area contributed by atoms with Gasteiger partial charge in [-0.15, -0.1) is 0 Å². The Morgan fingerprint density at radius 1 is 1.26 bits per heavy atom. The van der Waals surface area contributed by atoms with Crippen molar-refractivity contribution < 1.29 is 14.3 Å². The van der Waals surface area contributed by atoms with Gasteiger partial charge in [0.25, 0.3) is 5.91 Å². The van der Waals surface area contributed by atoms with E-state index >= 15 is 0 Å². The first kappa shape index (κ1) is 17.4. The number of benzene rings is 1. The molecule has 3 heterocycles. The maximum atomic E-state index is 12.4. The lowest BCUT2D eigenvalue weighted by Crippen LogP contribution is -2.17. The van der Waals surface area contributed by atoms with Crippen molar-refractivity contribution in [1.29, 1.82) is 0 Å². The van der Waals surface area contributed by atoms with Crippen LogP contribution in [0.5, 0.6) is 5.75 Å². The summed E-state index contributed by atoms with van der Waals surface area (Å²) in [6, 6.07) is 5.61. The van der Waals surface area contributed by atoms with Crippen molar-refractivity contribution in [2.45, 2.75) is 18.8 Å². The predicted octanol–water partition coefficient (Wildman–Crippen LogP) is 2.52. The predicted molar refractivity (Wildman–Crippen MR) is 100 cm³/mol. The number of carbonyl (C=O) groups is 1. The van der Waals surface area contributed by atoms with Gasteiger partial charge in [0.1, 0.15) is 17.0 Å². The van der Waals surface area contributed by atoms with Crippen molar-refractivity contribution in [1.82, 2.24) is 19.7 Å². The minimum atomic E-state index is -0.289. The summed E-state index contributed by atoms with van der Waals surface area (Å²) >= 11 is 0. The topological polar surface area (TPSA) is 91.2 Å². The number of ether oxygens (including phenoxy) is 2. The molecule has 1 aliphatic heterocycles. The molecule has 27 heavy (non-hydrogen) atoms. The molecule has 0 atom stereocenters. The highest BCUT2D eigenvalue weighted by atomic mass is 16.5. The Hall–Kier alpha value is -3.00. The van der Waals surface area contributed by atoms with Crippen LogP contribution in [0.3, 0.4) is 0 Å². The minimum absolute atomic E-state index is 0.289. The number of nitrogens with one attached hydrogen (secondary N) is 1. The fourth-order valence-corrected chi connectivity index (χ4v) is 3.44. The first-order valence-corrected chi connectivity index (χ1v) is 8.88. The van der Waals surface area contributed by atoms with Gasteiger partial charge in [-0.1, -0.05) is 6.07 Å². The second-order valence-electron chi connectivity index (χ2n) is 6.49. The summed E-state index contributed by atoms with van der Waals surface area (Å²) in [5.41, 5.74) is 3.04. The summed E-state index contributed by atoms with van der Waals surface area (Å²) in [4.78, 5) is 21.6. The highest BCUT2D eigenvalue weighted by Crippen LogP contribution is 2.35. The van der Waals surface area contributed by atoms with Crippen LogP contribution in [0, 0.1) is 0 Å². The number of anilines is 1. The van der Waals surface area contributed by atoms with Crippen molar-refractivity contribution in [3.8, 4) is 5.75 Å². The van der Waals surface area contributed by atoms with Crippen molar-refractivity contribution in [2.24, 2.45) is 7.05 Å². The average molecular weight is 367 g/mol. The first-order valence-electron chi connectivity index (χ1n) is 8.88. The van der Waals surface area contributed by atoms with Gasteiger partial charge in [0.2, 0.25) is 0 Å². The third-order valence-corrected chi connectivity index (χ3v) is 4.87. The Balaban J connectivity index is 1.70. The normalized spacial score (nSPS) is 15.0. The number of aromatic nitrogens is 4. The number of nitrogens with zero attached hydrogens (tertiary/aromatic N) is 4. The van der Waals surface area contributed by atoms with E-state index in [9.17, 15) is 4.79 Å². The SMILES string of the molecule is COc1ccc(C2CCOCC2)c2ncc(NC(=O)c3ccnn3C)nc12. The molecule has 0 saturated carbocycles. The molecule has 1 aliphatic rings. The first-order chi connectivity index (χ1) is 13.2. The molecule has 8 heteroatoms. The number of rotatable bonds is 4. The van der Waals surface area contributed by atoms with Crippen LogP contribution >= 0.6 is 0 Å². The number of carbonyl (C=O) groups excluding carboxylic acids is 1. The zero-order valence-corrected chi connectivity index (χ0v) is 15.3. The zero-order chi connectivity index (χ0) is 18.8. The van der Waals surface area contributed by atoms with Gasteiger partial charge in [-0.2, -0.15) is 5.10 Å². The molecule has 1 saturated heterocycles. The highest BCUT2D eigenvalue weighted by Gasteiger charge is 2.21. The Morgan fingerprint density at radius 2 is 2.07 bits per heavy atom. The number of amides is 1. The van der Waals surface area contributed by atoms with Crippen molar-refractivity contribution >= 4 is 22.8 Å². The largest absolute Gasteiger partial charge is 0.494 e. The van der Waals surface area contributed by atoms with Gasteiger partial charge in [0, 0.05) is 26.5 Å². The summed E-state index contributed by atoms with van der Waals surface area (Å²) in [5.74, 6) is 1.10. The third kappa shape index (κ3) is 3.35. The van der Waals surface area contributed by atoms with Crippen LogP contribution in [-0.4, -0.2) is 46.0 Å². The maximum absolute atomic E-state index is 12.4. The monoisotopic (exact) mass is 367 g/mol. The molecular formula is C19H21N5O3. The van der Waals surface area contributed by atoms with Crippen LogP contribution in [0.4, 0.5) is 5.82 Å². The molecule has 4 rings (SSSR count). The van der Waals surface area contributed by atoms with Gasteiger partial charge in [0.05, 0.1) is 18.8 Å². The zero-order valence-electron chi connectivity index (χ0n) is 15.3. The minimum Gasteiger partial charge on any atom is -0.494 e. The highest BCUT2D eigenvalue weighted by molar-refractivity contribution is 6.02. The molecule has 0 bridgehead atoms. The van der Waals surface area contributed by atoms with E-state index in [1.807, 2.05) is 6.07 Å². The lowest BCUT2D eigenvalue weighted by Gasteiger charge is -2.23. The molecule has 8 nitrogen and oxygen atoms in total. The fourth-order valence-electron chi connectivity index (χ4n) is 3.44. The van der Waals surface area contributed by atoms with E-state index in [1.54, 1.807) is 32.6 Å². The van der Waals surface area contributed by atoms with E-state index in [0.717, 1.165) is 37.1 Å². The number of hydrogen-bond donors (Lipinski definition) is 1. The van der Waals surface area contributed by atoms with Crippen molar-refractivity contribution in [3.05, 3.63) is 41.9 Å². The number of hydrogen-bond acceptors (Lipinski definition) is 6. The van der Waals surface area contributed by atoms with E-state index < -0.39 is 0 Å². The summed E-state index contributed by atoms with van der Waals surface area (Å²) in [7, 11) is 3.32. The van der Waals surface area contributed by atoms with Crippen LogP contribution in [0.15, 0.2) is 30.6 Å². The average Bonchev–Trinajstić information content (AvgIpc) is 3.13. The molecule has 3 aromatic rings. The third-order valence-electron chi connectivity index (χ3n) is 4.87. The molecule has 0 radical (unpaired) electrons. The molecule has 1 amide bonds. The Labute approximate surface area is 156 Å². The van der Waals surface area contributed by atoms with Gasteiger partial charge in [0.15, 0.2) is 5.82 Å². The summed E-state index contributed by atoms with van der Waals surface area (Å²) in [6.07, 6.45) is 5.08. The Morgan fingerprint density at radius 3 is 2.78 bits per heavy atom. The van der Waals surface area contributed by atoms with Crippen LogP contribution in [0.25, 0.3) is 11.0 Å². The van der Waals surface area contributed by atoms with Gasteiger partial charge in [-0.3, -0.25) is 14.5 Å². The molecular weight excluding hydrogens is 346 g/mol. The van der Waals surface area contributed by atoms with Crippen molar-refractivity contribution in [3.63, 3.8) is 0 Å². The van der Waals surface area contributed by atoms with Gasteiger partial charge < -0.3 is 14.8 Å². The number of aryl methyl sites for hydroxylation is 1. The van der Waals surface area contributed by atoms with E-state index in [-0.39, 0.29) is 5.91 Å². The van der Waals surface area contributed by atoms with Gasteiger partial charge in [-0.25, -0.2) is 4.98 Å². The van der Waals surface area contributed by atoms with Crippen LogP contribution < -0.4 is 10.1 Å². The molecule has 1 aromatic carbocycles. The summed E-state index contributed by atoms with van der Waals surface area (Å²) in [5, 5.41) is 6.79. The smallest absolute Gasteiger partial charge is 0.275 e. The van der Waals surface area contributed by atoms with Gasteiger partial charge in [-0.05, 0) is 36.5 Å². The second kappa shape index (κ2) is 7.32. The summed E-state index contributed by atoms with van der Waals surface area (Å²) < 4.78 is 12.4. The van der Waals surface area contributed by atoms with Crippen LogP contribution in [0.1, 0.15) is 34.8 Å². The lowest BCUT2D eigenvalue weighted by atomic mass is 9.90. The van der Waals surface area contributed by atoms with Crippen LogP contribution in [-0.2, 0) is 11.8 Å². The van der Waals surface area contributed by atoms with E-state index in [4.69, 9.17) is 9.47 Å². The fraction of sp³-hybridized carbons (Fsp3) is 0.368. The molecule has 1 N–H and O–H groups in total. The number of methoxy groups -OCH3 is 1. The van der Waals surface area contributed by atoms with Crippen LogP contribution in [0.2, 0.25) is 0 Å². The van der Waals surface area contributed by atoms with E-state index in [1.165, 1.54) is 4.68 Å². The molecule has 0 spiro atoms. The van der Waals surface area contributed by atoms with E-state index in [0.29, 0.717) is 28.7 Å². The maximum Gasteiger partial charge on any atom is 0.275 e. The standard InChI is InChI=1S/C19H21N5O3/c1-24-14(5-8-21-24)19(25)23-16-11-20-17-13(12-6-9-27-10-7-12)3-4-15(26-2)18(17)22-16/h3-5,8,11-12H,6-7,9-10H2,1-2H3,(H,22,23,25). The molecule has 0 unspecified atom stereocenters. The molecule has 2 aromatic heterocycles. The molecule has 1 fully saturated rings. The molecule has 0 aliphatic carbocycles. The van der Waals surface area contributed by atoms with E-state index in [2.05, 4.69) is 26.4 Å². The van der Waals surface area contributed by atoms with Crippen molar-refractivity contribution in [2.75, 3.05) is 25.6 Å².